The summed E-state index contributed by atoms with van der Waals surface area (Å²) in [6.07, 6.45) is 0. The summed E-state index contributed by atoms with van der Waals surface area (Å²) in [5.74, 6) is 2.31. The molecule has 114 valence electrons. The summed E-state index contributed by atoms with van der Waals surface area (Å²) in [7, 11) is 3.28. The van der Waals surface area contributed by atoms with Crippen LogP contribution >= 0.6 is 15.9 Å². The Bertz CT molecular complexity index is 610. The average Bonchev–Trinajstić information content (AvgIpc) is 2.91. The fourth-order valence-corrected chi connectivity index (χ4v) is 2.68. The molecule has 2 aromatic rings. The second-order valence-corrected chi connectivity index (χ2v) is 5.48. The number of benzene rings is 1. The van der Waals surface area contributed by atoms with Gasteiger partial charge in [-0.05, 0) is 64.8 Å². The predicted molar refractivity (Wildman–Crippen MR) is 86.2 cm³/mol. The topological polar surface area (TPSA) is 43.6 Å². The van der Waals surface area contributed by atoms with Crippen molar-refractivity contribution < 1.29 is 13.9 Å². The molecule has 0 bridgehead atoms. The van der Waals surface area contributed by atoms with Gasteiger partial charge < -0.3 is 19.2 Å². The standard InChI is InChI=1S/C16H20BrNO3/c1-5-18-16(12-6-7-15(17)21-12)11-9-14(20-4)13(19-3)8-10(11)2/h6-9,16,18H,5H2,1-4H3. The molecule has 0 spiro atoms. The van der Waals surface area contributed by atoms with Gasteiger partial charge in [-0.3, -0.25) is 0 Å². The van der Waals surface area contributed by atoms with E-state index in [9.17, 15) is 0 Å². The van der Waals surface area contributed by atoms with E-state index in [1.165, 1.54) is 0 Å². The van der Waals surface area contributed by atoms with Gasteiger partial charge in [0.2, 0.25) is 0 Å². The third-order valence-corrected chi connectivity index (χ3v) is 3.80. The molecule has 1 aromatic heterocycles. The summed E-state index contributed by atoms with van der Waals surface area (Å²) in [5.41, 5.74) is 2.22. The van der Waals surface area contributed by atoms with Crippen molar-refractivity contribution >= 4 is 15.9 Å². The van der Waals surface area contributed by atoms with E-state index in [0.29, 0.717) is 5.75 Å². The monoisotopic (exact) mass is 353 g/mol. The number of hydrogen-bond donors (Lipinski definition) is 1. The van der Waals surface area contributed by atoms with E-state index in [-0.39, 0.29) is 6.04 Å². The molecule has 4 nitrogen and oxygen atoms in total. The van der Waals surface area contributed by atoms with E-state index in [2.05, 4.69) is 35.1 Å². The van der Waals surface area contributed by atoms with Gasteiger partial charge in [-0.15, -0.1) is 0 Å². The Balaban J connectivity index is 2.49. The second-order valence-electron chi connectivity index (χ2n) is 4.70. The first-order valence-electron chi connectivity index (χ1n) is 6.81. The maximum absolute atomic E-state index is 5.72. The highest BCUT2D eigenvalue weighted by Gasteiger charge is 2.21. The molecule has 0 saturated carbocycles. The van der Waals surface area contributed by atoms with Crippen LogP contribution in [0.25, 0.3) is 0 Å². The second kappa shape index (κ2) is 7.00. The Hall–Kier alpha value is -1.46. The number of methoxy groups -OCH3 is 2. The average molecular weight is 354 g/mol. The van der Waals surface area contributed by atoms with E-state index in [1.54, 1.807) is 14.2 Å². The van der Waals surface area contributed by atoms with Gasteiger partial charge in [0.05, 0.1) is 20.3 Å². The minimum Gasteiger partial charge on any atom is -0.493 e. The molecule has 0 aliphatic heterocycles. The smallest absolute Gasteiger partial charge is 0.169 e. The highest BCUT2D eigenvalue weighted by molar-refractivity contribution is 9.10. The maximum atomic E-state index is 5.72. The molecule has 0 aliphatic rings. The number of halogens is 1. The molecular formula is C16H20BrNO3. The summed E-state index contributed by atoms with van der Waals surface area (Å²) >= 11 is 3.35. The SMILES string of the molecule is CCNC(c1ccc(Br)o1)c1cc(OC)c(OC)cc1C. The first-order valence-corrected chi connectivity index (χ1v) is 7.61. The van der Waals surface area contributed by atoms with Crippen molar-refractivity contribution in [2.45, 2.75) is 19.9 Å². The largest absolute Gasteiger partial charge is 0.493 e. The van der Waals surface area contributed by atoms with Crippen LogP contribution in [0.1, 0.15) is 29.9 Å². The number of furan rings is 1. The maximum Gasteiger partial charge on any atom is 0.169 e. The summed E-state index contributed by atoms with van der Waals surface area (Å²) in [5, 5.41) is 3.45. The van der Waals surface area contributed by atoms with Crippen molar-refractivity contribution in [3.63, 3.8) is 0 Å². The van der Waals surface area contributed by atoms with E-state index in [1.807, 2.05) is 24.3 Å². The molecule has 21 heavy (non-hydrogen) atoms. The van der Waals surface area contributed by atoms with E-state index in [4.69, 9.17) is 13.9 Å². The number of rotatable bonds is 6. The van der Waals surface area contributed by atoms with Crippen LogP contribution in [0.3, 0.4) is 0 Å². The van der Waals surface area contributed by atoms with Gasteiger partial charge in [0.1, 0.15) is 5.76 Å². The van der Waals surface area contributed by atoms with Gasteiger partial charge in [-0.25, -0.2) is 0 Å². The normalized spacial score (nSPS) is 12.2. The lowest BCUT2D eigenvalue weighted by Crippen LogP contribution is -2.22. The quantitative estimate of drug-likeness (QED) is 0.850. The molecule has 0 fully saturated rings. The van der Waals surface area contributed by atoms with Gasteiger partial charge in [0, 0.05) is 0 Å². The van der Waals surface area contributed by atoms with Crippen LogP contribution in [0, 0.1) is 6.92 Å². The lowest BCUT2D eigenvalue weighted by Gasteiger charge is -2.20. The third-order valence-electron chi connectivity index (χ3n) is 3.37. The van der Waals surface area contributed by atoms with E-state index < -0.39 is 0 Å². The molecule has 1 aromatic carbocycles. The summed E-state index contributed by atoms with van der Waals surface area (Å²) in [6.45, 7) is 4.96. The lowest BCUT2D eigenvalue weighted by molar-refractivity contribution is 0.353. The number of ether oxygens (including phenoxy) is 2. The van der Waals surface area contributed by atoms with E-state index in [0.717, 1.165) is 33.9 Å². The molecule has 1 atom stereocenters. The molecule has 0 saturated heterocycles. The predicted octanol–water partition coefficient (Wildman–Crippen LogP) is 4.07. The molecule has 0 radical (unpaired) electrons. The first kappa shape index (κ1) is 15.9. The molecule has 1 unspecified atom stereocenters. The zero-order valence-electron chi connectivity index (χ0n) is 12.7. The Morgan fingerprint density at radius 1 is 1.19 bits per heavy atom. The van der Waals surface area contributed by atoms with Crippen LogP contribution in [0.5, 0.6) is 11.5 Å². The molecule has 1 heterocycles. The zero-order valence-corrected chi connectivity index (χ0v) is 14.3. The minimum atomic E-state index is -0.0268. The summed E-state index contributed by atoms with van der Waals surface area (Å²) < 4.78 is 17.2. The fraction of sp³-hybridized carbons (Fsp3) is 0.375. The van der Waals surface area contributed by atoms with E-state index >= 15 is 0 Å². The molecule has 5 heteroatoms. The van der Waals surface area contributed by atoms with Crippen molar-refractivity contribution in [3.8, 4) is 11.5 Å². The van der Waals surface area contributed by atoms with Crippen molar-refractivity contribution in [3.05, 3.63) is 45.8 Å². The highest BCUT2D eigenvalue weighted by Crippen LogP contribution is 2.35. The molecule has 0 aliphatic carbocycles. The number of aryl methyl sites for hydroxylation is 1. The van der Waals surface area contributed by atoms with Crippen LogP contribution in [-0.4, -0.2) is 20.8 Å². The molecule has 0 amide bonds. The van der Waals surface area contributed by atoms with Gasteiger partial charge in [0.25, 0.3) is 0 Å². The van der Waals surface area contributed by atoms with Crippen molar-refractivity contribution in [1.29, 1.82) is 0 Å². The van der Waals surface area contributed by atoms with Crippen LogP contribution in [0.2, 0.25) is 0 Å². The van der Waals surface area contributed by atoms with Crippen molar-refractivity contribution in [2.75, 3.05) is 20.8 Å². The highest BCUT2D eigenvalue weighted by atomic mass is 79.9. The number of hydrogen-bond acceptors (Lipinski definition) is 4. The van der Waals surface area contributed by atoms with Crippen LogP contribution < -0.4 is 14.8 Å². The summed E-state index contributed by atoms with van der Waals surface area (Å²) in [4.78, 5) is 0. The Kier molecular flexibility index (Phi) is 5.31. The fourth-order valence-electron chi connectivity index (χ4n) is 2.36. The van der Waals surface area contributed by atoms with Gasteiger partial charge in [0.15, 0.2) is 16.2 Å². The van der Waals surface area contributed by atoms with Gasteiger partial charge in [-0.1, -0.05) is 6.92 Å². The van der Waals surface area contributed by atoms with Crippen LogP contribution in [0.15, 0.2) is 33.4 Å². The molecule has 1 N–H and O–H groups in total. The van der Waals surface area contributed by atoms with Crippen molar-refractivity contribution in [1.82, 2.24) is 5.32 Å². The first-order chi connectivity index (χ1) is 10.1. The Morgan fingerprint density at radius 3 is 2.38 bits per heavy atom. The Morgan fingerprint density at radius 2 is 1.86 bits per heavy atom. The lowest BCUT2D eigenvalue weighted by atomic mass is 9.98. The van der Waals surface area contributed by atoms with Gasteiger partial charge in [-0.2, -0.15) is 0 Å². The zero-order chi connectivity index (χ0) is 15.4. The van der Waals surface area contributed by atoms with Crippen molar-refractivity contribution in [2.24, 2.45) is 0 Å². The molecular weight excluding hydrogens is 334 g/mol. The van der Waals surface area contributed by atoms with Gasteiger partial charge >= 0.3 is 0 Å². The van der Waals surface area contributed by atoms with Crippen LogP contribution in [-0.2, 0) is 0 Å². The minimum absolute atomic E-state index is 0.0268. The van der Waals surface area contributed by atoms with Crippen LogP contribution in [0.4, 0.5) is 0 Å². The Labute approximate surface area is 133 Å². The number of nitrogens with one attached hydrogen (secondary N) is 1. The molecule has 2 rings (SSSR count). The third kappa shape index (κ3) is 3.41. The summed E-state index contributed by atoms with van der Waals surface area (Å²) in [6, 6.07) is 7.82.